The van der Waals surface area contributed by atoms with Gasteiger partial charge in [0.15, 0.2) is 0 Å². The second-order valence-corrected chi connectivity index (χ2v) is 6.83. The summed E-state index contributed by atoms with van der Waals surface area (Å²) in [5, 5.41) is 5.06. The van der Waals surface area contributed by atoms with Gasteiger partial charge in [-0.05, 0) is 42.8 Å². The number of rotatable bonds is 5. The zero-order valence-electron chi connectivity index (χ0n) is 14.9. The fraction of sp³-hybridized carbons (Fsp3) is 0.0870. The SMILES string of the molecule is Cc1cccc(COc2ccc(Nc3ccnc4ccccc34)cc2Cl)c1. The molecular weight excluding hydrogens is 356 g/mol. The molecule has 1 heterocycles. The van der Waals surface area contributed by atoms with Crippen LogP contribution in [0.2, 0.25) is 5.02 Å². The molecule has 0 aliphatic heterocycles. The smallest absolute Gasteiger partial charge is 0.138 e. The number of ether oxygens (including phenoxy) is 1. The van der Waals surface area contributed by atoms with Crippen LogP contribution in [-0.4, -0.2) is 4.98 Å². The predicted octanol–water partition coefficient (Wildman–Crippen LogP) is 6.52. The lowest BCUT2D eigenvalue weighted by Crippen LogP contribution is -1.97. The summed E-state index contributed by atoms with van der Waals surface area (Å²) in [5.41, 5.74) is 5.18. The van der Waals surface area contributed by atoms with Gasteiger partial charge in [0.2, 0.25) is 0 Å². The summed E-state index contributed by atoms with van der Waals surface area (Å²) < 4.78 is 5.88. The highest BCUT2D eigenvalue weighted by Crippen LogP contribution is 2.31. The summed E-state index contributed by atoms with van der Waals surface area (Å²) in [7, 11) is 0. The number of halogens is 1. The number of nitrogens with one attached hydrogen (secondary N) is 1. The number of hydrogen-bond acceptors (Lipinski definition) is 3. The molecule has 0 aliphatic carbocycles. The molecule has 0 aliphatic rings. The van der Waals surface area contributed by atoms with Crippen molar-refractivity contribution in [2.45, 2.75) is 13.5 Å². The van der Waals surface area contributed by atoms with Crippen LogP contribution in [0, 0.1) is 6.92 Å². The number of aromatic nitrogens is 1. The van der Waals surface area contributed by atoms with Gasteiger partial charge in [-0.3, -0.25) is 4.98 Å². The normalized spacial score (nSPS) is 10.7. The number of nitrogens with zero attached hydrogens (tertiary/aromatic N) is 1. The van der Waals surface area contributed by atoms with Crippen LogP contribution in [-0.2, 0) is 6.61 Å². The van der Waals surface area contributed by atoms with Crippen molar-refractivity contribution in [3.8, 4) is 5.75 Å². The van der Waals surface area contributed by atoms with Crippen molar-refractivity contribution in [3.05, 3.63) is 95.1 Å². The van der Waals surface area contributed by atoms with E-state index >= 15 is 0 Å². The number of pyridine rings is 1. The van der Waals surface area contributed by atoms with Gasteiger partial charge < -0.3 is 10.1 Å². The third kappa shape index (κ3) is 4.04. The summed E-state index contributed by atoms with van der Waals surface area (Å²) in [5.74, 6) is 0.670. The Morgan fingerprint density at radius 1 is 0.963 bits per heavy atom. The second kappa shape index (κ2) is 7.68. The van der Waals surface area contributed by atoms with Crippen LogP contribution in [0.25, 0.3) is 10.9 Å². The Labute approximate surface area is 163 Å². The summed E-state index contributed by atoms with van der Waals surface area (Å²) in [6, 6.07) is 24.0. The average molecular weight is 375 g/mol. The van der Waals surface area contributed by atoms with Gasteiger partial charge in [0.25, 0.3) is 0 Å². The largest absolute Gasteiger partial charge is 0.487 e. The van der Waals surface area contributed by atoms with E-state index in [4.69, 9.17) is 16.3 Å². The Hall–Kier alpha value is -3.04. The van der Waals surface area contributed by atoms with E-state index in [2.05, 4.69) is 29.4 Å². The van der Waals surface area contributed by atoms with E-state index < -0.39 is 0 Å². The fourth-order valence-corrected chi connectivity index (χ4v) is 3.25. The Morgan fingerprint density at radius 2 is 1.85 bits per heavy atom. The van der Waals surface area contributed by atoms with E-state index in [0.29, 0.717) is 17.4 Å². The lowest BCUT2D eigenvalue weighted by atomic mass is 10.1. The maximum absolute atomic E-state index is 6.43. The third-order valence-corrected chi connectivity index (χ3v) is 4.63. The molecule has 0 unspecified atom stereocenters. The molecule has 4 rings (SSSR count). The first kappa shape index (κ1) is 17.4. The van der Waals surface area contributed by atoms with E-state index in [1.807, 2.05) is 60.7 Å². The Balaban J connectivity index is 1.51. The highest BCUT2D eigenvalue weighted by atomic mass is 35.5. The Kier molecular flexibility index (Phi) is 4.95. The monoisotopic (exact) mass is 374 g/mol. The second-order valence-electron chi connectivity index (χ2n) is 6.42. The zero-order chi connectivity index (χ0) is 18.6. The van der Waals surface area contributed by atoms with E-state index in [9.17, 15) is 0 Å². The molecule has 0 amide bonds. The van der Waals surface area contributed by atoms with Crippen molar-refractivity contribution in [2.24, 2.45) is 0 Å². The molecule has 1 aromatic heterocycles. The first-order valence-corrected chi connectivity index (χ1v) is 9.15. The molecule has 1 N–H and O–H groups in total. The zero-order valence-corrected chi connectivity index (χ0v) is 15.7. The Morgan fingerprint density at radius 3 is 2.70 bits per heavy atom. The summed E-state index contributed by atoms with van der Waals surface area (Å²) in [6.45, 7) is 2.56. The number of hydrogen-bond donors (Lipinski definition) is 1. The van der Waals surface area contributed by atoms with Crippen molar-refractivity contribution < 1.29 is 4.74 Å². The standard InChI is InChI=1S/C23H19ClN2O/c1-16-5-4-6-17(13-16)15-27-23-10-9-18(14-20(23)24)26-22-11-12-25-21-8-3-2-7-19(21)22/h2-14H,15H2,1H3,(H,25,26). The van der Waals surface area contributed by atoms with E-state index in [1.54, 1.807) is 6.20 Å². The summed E-state index contributed by atoms with van der Waals surface area (Å²) in [6.07, 6.45) is 1.80. The van der Waals surface area contributed by atoms with Gasteiger partial charge in [0.1, 0.15) is 12.4 Å². The van der Waals surface area contributed by atoms with Gasteiger partial charge >= 0.3 is 0 Å². The molecule has 0 saturated heterocycles. The number of fused-ring (bicyclic) bond motifs is 1. The average Bonchev–Trinajstić information content (AvgIpc) is 2.68. The van der Waals surface area contributed by atoms with Gasteiger partial charge in [0, 0.05) is 23.0 Å². The molecule has 0 radical (unpaired) electrons. The minimum atomic E-state index is 0.489. The number of para-hydroxylation sites is 1. The lowest BCUT2D eigenvalue weighted by Gasteiger charge is -2.12. The van der Waals surface area contributed by atoms with Gasteiger partial charge in [-0.25, -0.2) is 0 Å². The topological polar surface area (TPSA) is 34.1 Å². The molecule has 4 heteroatoms. The number of aryl methyl sites for hydroxylation is 1. The maximum atomic E-state index is 6.43. The fourth-order valence-electron chi connectivity index (χ4n) is 3.02. The van der Waals surface area contributed by atoms with Gasteiger partial charge in [0.05, 0.1) is 10.5 Å². The number of anilines is 2. The van der Waals surface area contributed by atoms with Crippen molar-refractivity contribution in [2.75, 3.05) is 5.32 Å². The molecule has 27 heavy (non-hydrogen) atoms. The minimum Gasteiger partial charge on any atom is -0.487 e. The van der Waals surface area contributed by atoms with Gasteiger partial charge in [-0.2, -0.15) is 0 Å². The lowest BCUT2D eigenvalue weighted by molar-refractivity contribution is 0.306. The van der Waals surface area contributed by atoms with Crippen LogP contribution in [0.3, 0.4) is 0 Å². The van der Waals surface area contributed by atoms with Crippen LogP contribution in [0.1, 0.15) is 11.1 Å². The first-order chi connectivity index (χ1) is 13.2. The van der Waals surface area contributed by atoms with Gasteiger partial charge in [-0.15, -0.1) is 0 Å². The number of benzene rings is 3. The molecule has 3 nitrogen and oxygen atoms in total. The summed E-state index contributed by atoms with van der Waals surface area (Å²) in [4.78, 5) is 4.39. The van der Waals surface area contributed by atoms with Crippen LogP contribution in [0.15, 0.2) is 79.0 Å². The van der Waals surface area contributed by atoms with Crippen molar-refractivity contribution in [3.63, 3.8) is 0 Å². The quantitative estimate of drug-likeness (QED) is 0.431. The van der Waals surface area contributed by atoms with Crippen LogP contribution >= 0.6 is 11.6 Å². The summed E-state index contributed by atoms with van der Waals surface area (Å²) >= 11 is 6.43. The van der Waals surface area contributed by atoms with E-state index in [-0.39, 0.29) is 0 Å². The molecule has 0 saturated carbocycles. The predicted molar refractivity (Wildman–Crippen MR) is 112 cm³/mol. The highest BCUT2D eigenvalue weighted by molar-refractivity contribution is 6.32. The minimum absolute atomic E-state index is 0.489. The molecular formula is C23H19ClN2O. The molecule has 134 valence electrons. The molecule has 4 aromatic rings. The molecule has 3 aromatic carbocycles. The molecule has 0 spiro atoms. The first-order valence-electron chi connectivity index (χ1n) is 8.78. The van der Waals surface area contributed by atoms with E-state index in [1.165, 1.54) is 5.56 Å². The van der Waals surface area contributed by atoms with Crippen molar-refractivity contribution >= 4 is 33.9 Å². The van der Waals surface area contributed by atoms with Crippen LogP contribution < -0.4 is 10.1 Å². The molecule has 0 fully saturated rings. The molecule has 0 atom stereocenters. The van der Waals surface area contributed by atoms with Crippen molar-refractivity contribution in [1.29, 1.82) is 0 Å². The maximum Gasteiger partial charge on any atom is 0.138 e. The van der Waals surface area contributed by atoms with Crippen LogP contribution in [0.4, 0.5) is 11.4 Å². The van der Waals surface area contributed by atoms with Crippen LogP contribution in [0.5, 0.6) is 5.75 Å². The Bertz CT molecular complexity index is 1090. The van der Waals surface area contributed by atoms with E-state index in [0.717, 1.165) is 27.8 Å². The molecule has 0 bridgehead atoms. The van der Waals surface area contributed by atoms with Gasteiger partial charge in [-0.1, -0.05) is 59.6 Å². The van der Waals surface area contributed by atoms with Crippen molar-refractivity contribution in [1.82, 2.24) is 4.98 Å². The third-order valence-electron chi connectivity index (χ3n) is 4.34. The highest BCUT2D eigenvalue weighted by Gasteiger charge is 2.06.